The molecule has 0 aliphatic carbocycles. The zero-order chi connectivity index (χ0) is 10.3. The zero-order valence-electron chi connectivity index (χ0n) is 8.61. The monoisotopic (exact) mass is 199 g/mol. The molecule has 0 unspecified atom stereocenters. The van der Waals surface area contributed by atoms with Crippen molar-refractivity contribution in [1.29, 1.82) is 0 Å². The van der Waals surface area contributed by atoms with E-state index < -0.39 is 0 Å². The van der Waals surface area contributed by atoms with Crippen molar-refractivity contribution in [3.05, 3.63) is 11.8 Å². The summed E-state index contributed by atoms with van der Waals surface area (Å²) < 4.78 is 4.27. The minimum absolute atomic E-state index is 0.135. The van der Waals surface area contributed by atoms with E-state index in [2.05, 4.69) is 30.2 Å². The Hall–Kier alpha value is -0.770. The van der Waals surface area contributed by atoms with Crippen LogP contribution in [-0.4, -0.2) is 24.2 Å². The molecule has 0 heterocycles. The minimum atomic E-state index is 0.135. The normalized spacial score (nSPS) is 14.6. The summed E-state index contributed by atoms with van der Waals surface area (Å²) >= 11 is 1.50. The third kappa shape index (κ3) is 9.14. The van der Waals surface area contributed by atoms with Gasteiger partial charge in [0.2, 0.25) is 0 Å². The van der Waals surface area contributed by atoms with E-state index in [9.17, 15) is 0 Å². The summed E-state index contributed by atoms with van der Waals surface area (Å²) in [6, 6.07) is 0. The molecule has 0 bridgehead atoms. The van der Waals surface area contributed by atoms with Crippen molar-refractivity contribution in [3.63, 3.8) is 0 Å². The Morgan fingerprint density at radius 3 is 2.46 bits per heavy atom. The van der Waals surface area contributed by atoms with Gasteiger partial charge in [0.15, 0.2) is 0 Å². The fourth-order valence-electron chi connectivity index (χ4n) is 0.449. The van der Waals surface area contributed by atoms with Gasteiger partial charge in [-0.05, 0) is 38.8 Å². The second kappa shape index (κ2) is 5.80. The lowest BCUT2D eigenvalue weighted by molar-refractivity contribution is 0.804. The Morgan fingerprint density at radius 1 is 1.38 bits per heavy atom. The van der Waals surface area contributed by atoms with Gasteiger partial charge in [-0.3, -0.25) is 4.99 Å². The van der Waals surface area contributed by atoms with Crippen LogP contribution in [0.15, 0.2) is 21.2 Å². The largest absolute Gasteiger partial charge is 0.397 e. The number of hydrogen-bond acceptors (Lipinski definition) is 4. The number of nitrogens with zero attached hydrogens (tertiary/aromatic N) is 2. The van der Waals surface area contributed by atoms with Crippen LogP contribution in [0.5, 0.6) is 0 Å². The number of rotatable bonds is 3. The molecule has 2 N–H and O–H groups in total. The fourth-order valence-corrected chi connectivity index (χ4v) is 0.940. The first-order valence-corrected chi connectivity index (χ1v) is 4.82. The summed E-state index contributed by atoms with van der Waals surface area (Å²) in [6.45, 7) is 6.30. The van der Waals surface area contributed by atoms with Gasteiger partial charge in [-0.1, -0.05) is 0 Å². The fraction of sp³-hybridized carbons (Fsp3) is 0.556. The Bertz CT molecular complexity index is 224. The third-order valence-electron chi connectivity index (χ3n) is 0.944. The molecule has 0 amide bonds. The van der Waals surface area contributed by atoms with Crippen LogP contribution in [0.2, 0.25) is 0 Å². The van der Waals surface area contributed by atoms with Crippen molar-refractivity contribution >= 4 is 24.4 Å². The second-order valence-corrected chi connectivity index (χ2v) is 5.13. The van der Waals surface area contributed by atoms with E-state index in [1.54, 1.807) is 25.6 Å². The Balaban J connectivity index is 3.99. The topological polar surface area (TPSA) is 50.7 Å². The first-order valence-electron chi connectivity index (χ1n) is 4.05. The molecule has 0 rings (SSSR count). The SMILES string of the molecule is CN=CC=C(N)C=NSC(C)(C)C. The summed E-state index contributed by atoms with van der Waals surface area (Å²) in [5.41, 5.74) is 6.21. The van der Waals surface area contributed by atoms with Crippen molar-refractivity contribution in [2.24, 2.45) is 15.1 Å². The number of nitrogens with two attached hydrogens (primary N) is 1. The third-order valence-corrected chi connectivity index (χ3v) is 1.70. The van der Waals surface area contributed by atoms with E-state index >= 15 is 0 Å². The Kier molecular flexibility index (Phi) is 5.46. The molecule has 74 valence electrons. The van der Waals surface area contributed by atoms with Crippen LogP contribution in [0.1, 0.15) is 20.8 Å². The summed E-state index contributed by atoms with van der Waals surface area (Å²) in [5, 5.41) is 0. The molecule has 0 spiro atoms. The van der Waals surface area contributed by atoms with Crippen molar-refractivity contribution in [3.8, 4) is 0 Å². The van der Waals surface area contributed by atoms with E-state index in [1.807, 2.05) is 0 Å². The van der Waals surface area contributed by atoms with Gasteiger partial charge in [0, 0.05) is 18.0 Å². The molecule has 0 atom stereocenters. The lowest BCUT2D eigenvalue weighted by atomic mass is 10.3. The molecule has 0 radical (unpaired) electrons. The zero-order valence-corrected chi connectivity index (χ0v) is 9.43. The molecule has 0 aliphatic heterocycles. The molecule has 0 aliphatic rings. The molecule has 0 saturated heterocycles. The van der Waals surface area contributed by atoms with E-state index in [0.29, 0.717) is 5.70 Å². The number of hydrogen-bond donors (Lipinski definition) is 1. The van der Waals surface area contributed by atoms with Gasteiger partial charge in [0.05, 0.1) is 11.9 Å². The predicted molar refractivity (Wildman–Crippen MR) is 62.5 cm³/mol. The maximum Gasteiger partial charge on any atom is 0.0581 e. The molecular formula is C9H17N3S. The van der Waals surface area contributed by atoms with Gasteiger partial charge in [-0.15, -0.1) is 0 Å². The van der Waals surface area contributed by atoms with Gasteiger partial charge < -0.3 is 5.73 Å². The second-order valence-electron chi connectivity index (χ2n) is 3.51. The Labute approximate surface area is 84.4 Å². The van der Waals surface area contributed by atoms with Crippen molar-refractivity contribution in [2.75, 3.05) is 7.05 Å². The van der Waals surface area contributed by atoms with E-state index in [4.69, 9.17) is 5.73 Å². The van der Waals surface area contributed by atoms with E-state index in [0.717, 1.165) is 0 Å². The molecule has 0 saturated carbocycles. The first-order chi connectivity index (χ1) is 5.95. The highest BCUT2D eigenvalue weighted by Crippen LogP contribution is 2.23. The maximum absolute atomic E-state index is 5.60. The molecule has 0 aromatic rings. The van der Waals surface area contributed by atoms with Crippen LogP contribution in [0.4, 0.5) is 0 Å². The van der Waals surface area contributed by atoms with Crippen LogP contribution >= 0.6 is 11.9 Å². The molecule has 0 fully saturated rings. The van der Waals surface area contributed by atoms with Gasteiger partial charge in [-0.25, -0.2) is 4.40 Å². The molecule has 13 heavy (non-hydrogen) atoms. The molecule has 3 nitrogen and oxygen atoms in total. The van der Waals surface area contributed by atoms with Crippen molar-refractivity contribution in [1.82, 2.24) is 0 Å². The minimum Gasteiger partial charge on any atom is -0.397 e. The summed E-state index contributed by atoms with van der Waals surface area (Å²) in [5.74, 6) is 0. The smallest absolute Gasteiger partial charge is 0.0581 e. The lowest BCUT2D eigenvalue weighted by Gasteiger charge is -2.11. The summed E-state index contributed by atoms with van der Waals surface area (Å²) in [7, 11) is 1.70. The van der Waals surface area contributed by atoms with Crippen LogP contribution in [0.25, 0.3) is 0 Å². The van der Waals surface area contributed by atoms with Crippen LogP contribution in [0, 0.1) is 0 Å². The van der Waals surface area contributed by atoms with E-state index in [1.165, 1.54) is 11.9 Å². The standard InChI is InChI=1S/C9H17N3S/c1-9(2,3)13-12-7-8(10)5-6-11-4/h5-7H,10H2,1-4H3. The van der Waals surface area contributed by atoms with Crippen LogP contribution < -0.4 is 5.73 Å². The van der Waals surface area contributed by atoms with Gasteiger partial charge in [0.1, 0.15) is 0 Å². The number of allylic oxidation sites excluding steroid dienone is 2. The highest BCUT2D eigenvalue weighted by Gasteiger charge is 2.08. The maximum atomic E-state index is 5.60. The van der Waals surface area contributed by atoms with E-state index in [-0.39, 0.29) is 4.75 Å². The molecule has 0 aromatic carbocycles. The van der Waals surface area contributed by atoms with Gasteiger partial charge in [-0.2, -0.15) is 0 Å². The molecule has 0 aromatic heterocycles. The van der Waals surface area contributed by atoms with Crippen molar-refractivity contribution < 1.29 is 0 Å². The van der Waals surface area contributed by atoms with Gasteiger partial charge in [0.25, 0.3) is 0 Å². The lowest BCUT2D eigenvalue weighted by Crippen LogP contribution is -2.06. The van der Waals surface area contributed by atoms with Gasteiger partial charge >= 0.3 is 0 Å². The highest BCUT2D eigenvalue weighted by atomic mass is 32.2. The van der Waals surface area contributed by atoms with Crippen LogP contribution in [-0.2, 0) is 0 Å². The summed E-state index contributed by atoms with van der Waals surface area (Å²) in [6.07, 6.45) is 4.99. The summed E-state index contributed by atoms with van der Waals surface area (Å²) in [4.78, 5) is 3.78. The molecule has 4 heteroatoms. The Morgan fingerprint density at radius 2 is 2.00 bits per heavy atom. The average Bonchev–Trinajstić information content (AvgIpc) is 1.98. The number of aliphatic imine (C=N–C) groups is 1. The van der Waals surface area contributed by atoms with Crippen LogP contribution in [0.3, 0.4) is 0 Å². The molecular weight excluding hydrogens is 182 g/mol. The first kappa shape index (κ1) is 12.2. The average molecular weight is 199 g/mol. The highest BCUT2D eigenvalue weighted by molar-refractivity contribution is 7.99. The predicted octanol–water partition coefficient (Wildman–Crippen LogP) is 2.05. The quantitative estimate of drug-likeness (QED) is 0.558. The van der Waals surface area contributed by atoms with Crippen molar-refractivity contribution in [2.45, 2.75) is 25.5 Å².